The van der Waals surface area contributed by atoms with E-state index in [0.29, 0.717) is 0 Å². The molecule has 0 fully saturated rings. The second kappa shape index (κ2) is 6.28. The number of aliphatic hydroxyl groups is 5. The van der Waals surface area contributed by atoms with Crippen LogP contribution in [0.25, 0.3) is 0 Å². The molecule has 0 aromatic rings. The largest absolute Gasteiger partial charge is 0.396 e. The summed E-state index contributed by atoms with van der Waals surface area (Å²) in [4.78, 5) is 0. The van der Waals surface area contributed by atoms with Gasteiger partial charge in [0.1, 0.15) is 0 Å². The van der Waals surface area contributed by atoms with Crippen LogP contribution in [-0.2, 0) is 0 Å². The molecule has 0 spiro atoms. The molecule has 5 N–H and O–H groups in total. The lowest BCUT2D eigenvalue weighted by Crippen LogP contribution is -2.43. The van der Waals surface area contributed by atoms with Crippen molar-refractivity contribution in [3.8, 4) is 0 Å². The van der Waals surface area contributed by atoms with Crippen LogP contribution in [0.3, 0.4) is 0 Å². The first-order valence-electron chi connectivity index (χ1n) is 4.28. The van der Waals surface area contributed by atoms with E-state index in [1.165, 1.54) is 0 Å². The van der Waals surface area contributed by atoms with Gasteiger partial charge in [0, 0.05) is 18.6 Å². The van der Waals surface area contributed by atoms with Crippen LogP contribution in [-0.4, -0.2) is 58.1 Å². The first-order valence-corrected chi connectivity index (χ1v) is 4.28. The third-order valence-electron chi connectivity index (χ3n) is 2.35. The Morgan fingerprint density at radius 2 is 1.46 bits per heavy atom. The minimum Gasteiger partial charge on any atom is -0.396 e. The van der Waals surface area contributed by atoms with E-state index in [-0.39, 0.29) is 26.1 Å². The van der Waals surface area contributed by atoms with Crippen molar-refractivity contribution < 1.29 is 25.5 Å². The molecule has 0 aromatic carbocycles. The van der Waals surface area contributed by atoms with Gasteiger partial charge in [-0.05, 0) is 12.8 Å². The van der Waals surface area contributed by atoms with Crippen LogP contribution >= 0.6 is 0 Å². The first-order chi connectivity index (χ1) is 6.16. The van der Waals surface area contributed by atoms with Crippen molar-refractivity contribution in [1.29, 1.82) is 0 Å². The molecule has 1 atom stereocenters. The molecule has 1 unspecified atom stereocenters. The maximum absolute atomic E-state index is 9.50. The fraction of sp³-hybridized carbons (Fsp3) is 1.00. The fourth-order valence-electron chi connectivity index (χ4n) is 1.24. The summed E-state index contributed by atoms with van der Waals surface area (Å²) in [5, 5.41) is 44.7. The lowest BCUT2D eigenvalue weighted by atomic mass is 9.79. The Morgan fingerprint density at radius 3 is 1.77 bits per heavy atom. The monoisotopic (exact) mass is 194 g/mol. The third-order valence-corrected chi connectivity index (χ3v) is 2.35. The van der Waals surface area contributed by atoms with E-state index in [1.807, 2.05) is 0 Å². The van der Waals surface area contributed by atoms with Crippen molar-refractivity contribution in [1.82, 2.24) is 0 Å². The second-order valence-electron chi connectivity index (χ2n) is 3.18. The SMILES string of the molecule is OCCC(O)C(CO)(CO)CCO. The summed E-state index contributed by atoms with van der Waals surface area (Å²) in [5.41, 5.74) is -1.10. The standard InChI is InChI=1S/C8H18O5/c9-3-1-7(13)8(5-11,6-12)2-4-10/h7,9-13H,1-6H2. The van der Waals surface area contributed by atoms with Gasteiger partial charge in [0.05, 0.1) is 19.3 Å². The lowest BCUT2D eigenvalue weighted by Gasteiger charge is -2.33. The van der Waals surface area contributed by atoms with Gasteiger partial charge in [0.2, 0.25) is 0 Å². The molecule has 13 heavy (non-hydrogen) atoms. The maximum atomic E-state index is 9.50. The minimum absolute atomic E-state index is 0.0844. The predicted molar refractivity (Wildman–Crippen MR) is 46.0 cm³/mol. The molecule has 0 rings (SSSR count). The van der Waals surface area contributed by atoms with Gasteiger partial charge in [-0.15, -0.1) is 0 Å². The van der Waals surface area contributed by atoms with Crippen LogP contribution < -0.4 is 0 Å². The molecule has 0 aliphatic rings. The van der Waals surface area contributed by atoms with Crippen LogP contribution in [0, 0.1) is 5.41 Å². The highest BCUT2D eigenvalue weighted by Gasteiger charge is 2.35. The second-order valence-corrected chi connectivity index (χ2v) is 3.18. The third kappa shape index (κ3) is 3.21. The Bertz CT molecular complexity index is 124. The molecule has 0 radical (unpaired) electrons. The van der Waals surface area contributed by atoms with Crippen LogP contribution in [0.4, 0.5) is 0 Å². The number of rotatable bonds is 7. The molecule has 0 amide bonds. The van der Waals surface area contributed by atoms with Gasteiger partial charge in [-0.3, -0.25) is 0 Å². The quantitative estimate of drug-likeness (QED) is 0.325. The summed E-state index contributed by atoms with van der Waals surface area (Å²) in [6, 6.07) is 0. The number of hydrogen-bond acceptors (Lipinski definition) is 5. The van der Waals surface area contributed by atoms with Crippen LogP contribution in [0.2, 0.25) is 0 Å². The lowest BCUT2D eigenvalue weighted by molar-refractivity contribution is -0.0733. The number of aliphatic hydroxyl groups excluding tert-OH is 5. The highest BCUT2D eigenvalue weighted by Crippen LogP contribution is 2.27. The summed E-state index contributed by atoms with van der Waals surface area (Å²) >= 11 is 0. The molecular formula is C8H18O5. The fourth-order valence-corrected chi connectivity index (χ4v) is 1.24. The van der Waals surface area contributed by atoms with E-state index in [0.717, 1.165) is 0 Å². The van der Waals surface area contributed by atoms with E-state index >= 15 is 0 Å². The summed E-state index contributed by atoms with van der Waals surface area (Å²) in [6.45, 7) is -1.26. The molecule has 0 saturated heterocycles. The van der Waals surface area contributed by atoms with Gasteiger partial charge in [-0.25, -0.2) is 0 Å². The summed E-state index contributed by atoms with van der Waals surface area (Å²) < 4.78 is 0. The average molecular weight is 194 g/mol. The average Bonchev–Trinajstić information content (AvgIpc) is 2.14. The van der Waals surface area contributed by atoms with Gasteiger partial charge >= 0.3 is 0 Å². The van der Waals surface area contributed by atoms with Crippen LogP contribution in [0.1, 0.15) is 12.8 Å². The molecule has 5 nitrogen and oxygen atoms in total. The molecule has 0 aromatic heterocycles. The predicted octanol–water partition coefficient (Wildman–Crippen LogP) is -1.92. The van der Waals surface area contributed by atoms with Crippen molar-refractivity contribution in [2.75, 3.05) is 26.4 Å². The summed E-state index contributed by atoms with van der Waals surface area (Å²) in [6.07, 6.45) is -0.804. The Labute approximate surface area is 77.3 Å². The topological polar surface area (TPSA) is 101 Å². The zero-order valence-electron chi connectivity index (χ0n) is 7.56. The Morgan fingerprint density at radius 1 is 0.923 bits per heavy atom. The zero-order valence-corrected chi connectivity index (χ0v) is 7.56. The summed E-state index contributed by atoms with van der Waals surface area (Å²) in [7, 11) is 0. The van der Waals surface area contributed by atoms with Crippen LogP contribution in [0.5, 0.6) is 0 Å². The first kappa shape index (κ1) is 12.8. The van der Waals surface area contributed by atoms with Crippen molar-refractivity contribution in [3.63, 3.8) is 0 Å². The van der Waals surface area contributed by atoms with E-state index < -0.39 is 24.7 Å². The minimum atomic E-state index is -1.10. The molecular weight excluding hydrogens is 176 g/mol. The van der Waals surface area contributed by atoms with Gasteiger partial charge < -0.3 is 25.5 Å². The highest BCUT2D eigenvalue weighted by atomic mass is 16.3. The van der Waals surface area contributed by atoms with E-state index in [1.54, 1.807) is 0 Å². The molecule has 0 heterocycles. The van der Waals surface area contributed by atoms with Gasteiger partial charge in [-0.1, -0.05) is 0 Å². The summed E-state index contributed by atoms with van der Waals surface area (Å²) in [5.74, 6) is 0. The number of hydrogen-bond donors (Lipinski definition) is 5. The molecule has 80 valence electrons. The van der Waals surface area contributed by atoms with Crippen molar-refractivity contribution in [2.45, 2.75) is 18.9 Å². The van der Waals surface area contributed by atoms with Gasteiger partial charge in [-0.2, -0.15) is 0 Å². The van der Waals surface area contributed by atoms with Crippen molar-refractivity contribution in [3.05, 3.63) is 0 Å². The normalized spacial score (nSPS) is 14.5. The van der Waals surface area contributed by atoms with E-state index in [2.05, 4.69) is 0 Å². The highest BCUT2D eigenvalue weighted by molar-refractivity contribution is 4.85. The van der Waals surface area contributed by atoms with Crippen LogP contribution in [0.15, 0.2) is 0 Å². The smallest absolute Gasteiger partial charge is 0.0663 e. The van der Waals surface area contributed by atoms with E-state index in [9.17, 15) is 5.11 Å². The van der Waals surface area contributed by atoms with E-state index in [4.69, 9.17) is 20.4 Å². The van der Waals surface area contributed by atoms with Crippen molar-refractivity contribution in [2.24, 2.45) is 5.41 Å². The Hall–Kier alpha value is -0.200. The zero-order chi connectivity index (χ0) is 10.3. The molecule has 0 aliphatic carbocycles. The van der Waals surface area contributed by atoms with Crippen molar-refractivity contribution >= 4 is 0 Å². The Kier molecular flexibility index (Phi) is 6.19. The molecule has 0 bridgehead atoms. The maximum Gasteiger partial charge on any atom is 0.0663 e. The van der Waals surface area contributed by atoms with Gasteiger partial charge in [0.15, 0.2) is 0 Å². The molecule has 0 aliphatic heterocycles. The van der Waals surface area contributed by atoms with Gasteiger partial charge in [0.25, 0.3) is 0 Å². The molecule has 0 saturated carbocycles. The molecule has 5 heteroatoms. The Balaban J connectivity index is 4.33.